The van der Waals surface area contributed by atoms with Gasteiger partial charge in [0.1, 0.15) is 0 Å². The number of hydrogen-bond acceptors (Lipinski definition) is 4. The zero-order chi connectivity index (χ0) is 14.0. The van der Waals surface area contributed by atoms with Gasteiger partial charge in [0, 0.05) is 26.2 Å². The maximum atomic E-state index is 12.3. The van der Waals surface area contributed by atoms with Gasteiger partial charge in [-0.25, -0.2) is 12.7 Å². The van der Waals surface area contributed by atoms with Gasteiger partial charge in [0.2, 0.25) is 21.8 Å². The van der Waals surface area contributed by atoms with Gasteiger partial charge in [-0.2, -0.15) is 0 Å². The van der Waals surface area contributed by atoms with Gasteiger partial charge in [-0.05, 0) is 12.8 Å². The fourth-order valence-electron chi connectivity index (χ4n) is 2.53. The fraction of sp³-hybridized carbons (Fsp3) is 0.818. The third kappa shape index (κ3) is 3.44. The average Bonchev–Trinajstić information content (AvgIpc) is 2.37. The first kappa shape index (κ1) is 14.3. The van der Waals surface area contributed by atoms with Crippen molar-refractivity contribution >= 4 is 21.8 Å². The lowest BCUT2D eigenvalue weighted by molar-refractivity contribution is -0.142. The molecule has 2 saturated heterocycles. The monoisotopic (exact) mass is 289 g/mol. The molecular weight excluding hydrogens is 270 g/mol. The summed E-state index contributed by atoms with van der Waals surface area (Å²) in [5.41, 5.74) is 0. The minimum Gasteiger partial charge on any atom is -0.353 e. The number of nitrogens with zero attached hydrogens (tertiary/aromatic N) is 2. The Bertz CT molecular complexity index is 476. The van der Waals surface area contributed by atoms with E-state index in [1.807, 2.05) is 0 Å². The number of hydrogen-bond donors (Lipinski definition) is 1. The normalized spacial score (nSPS) is 26.1. The zero-order valence-electron chi connectivity index (χ0n) is 11.0. The summed E-state index contributed by atoms with van der Waals surface area (Å²) in [4.78, 5) is 25.1. The summed E-state index contributed by atoms with van der Waals surface area (Å²) in [5.74, 6) is -0.590. The second-order valence-electron chi connectivity index (χ2n) is 5.07. The predicted molar refractivity (Wildman–Crippen MR) is 68.7 cm³/mol. The molecule has 19 heavy (non-hydrogen) atoms. The lowest BCUT2D eigenvalue weighted by atomic mass is 9.98. The molecule has 0 aromatic heterocycles. The van der Waals surface area contributed by atoms with Crippen LogP contribution in [0.25, 0.3) is 0 Å². The second-order valence-corrected chi connectivity index (χ2v) is 7.05. The third-order valence-corrected chi connectivity index (χ3v) is 4.82. The predicted octanol–water partition coefficient (Wildman–Crippen LogP) is -1.38. The van der Waals surface area contributed by atoms with E-state index in [2.05, 4.69) is 5.32 Å². The molecule has 0 radical (unpaired) electrons. The van der Waals surface area contributed by atoms with E-state index >= 15 is 0 Å². The van der Waals surface area contributed by atoms with Gasteiger partial charge in [-0.1, -0.05) is 0 Å². The molecule has 0 aromatic carbocycles. The van der Waals surface area contributed by atoms with Crippen LogP contribution in [-0.4, -0.2) is 68.4 Å². The lowest BCUT2D eigenvalue weighted by Gasteiger charge is -2.35. The molecule has 0 bridgehead atoms. The van der Waals surface area contributed by atoms with E-state index in [0.717, 1.165) is 6.26 Å². The number of carbonyl (C=O) groups excluding carboxylic acids is 2. The number of rotatable bonds is 2. The highest BCUT2D eigenvalue weighted by atomic mass is 32.2. The standard InChI is InChI=1S/C11H19N3O4S/c1-19(17,18)14-5-2-3-9(7-14)11(16)13-6-4-12-10(15)8-13/h9H,2-8H2,1H3,(H,12,15)/t9-/m1/s1. The minimum atomic E-state index is -3.25. The van der Waals surface area contributed by atoms with Crippen LogP contribution in [0.4, 0.5) is 0 Å². The summed E-state index contributed by atoms with van der Waals surface area (Å²) < 4.78 is 24.4. The molecule has 0 aromatic rings. The Morgan fingerprint density at radius 2 is 2.11 bits per heavy atom. The van der Waals surface area contributed by atoms with Crippen molar-refractivity contribution in [2.45, 2.75) is 12.8 Å². The van der Waals surface area contributed by atoms with E-state index in [-0.39, 0.29) is 30.8 Å². The molecule has 1 atom stereocenters. The Hall–Kier alpha value is -1.15. The van der Waals surface area contributed by atoms with Gasteiger partial charge >= 0.3 is 0 Å². The minimum absolute atomic E-state index is 0.0776. The van der Waals surface area contributed by atoms with Crippen molar-refractivity contribution in [3.63, 3.8) is 0 Å². The van der Waals surface area contributed by atoms with Gasteiger partial charge < -0.3 is 10.2 Å². The van der Waals surface area contributed by atoms with Crippen LogP contribution in [0.15, 0.2) is 0 Å². The summed E-state index contributed by atoms with van der Waals surface area (Å²) in [7, 11) is -3.25. The number of piperidine rings is 1. The van der Waals surface area contributed by atoms with Gasteiger partial charge in [-0.15, -0.1) is 0 Å². The second kappa shape index (κ2) is 5.46. The highest BCUT2D eigenvalue weighted by molar-refractivity contribution is 7.88. The molecule has 1 N–H and O–H groups in total. The maximum absolute atomic E-state index is 12.3. The number of carbonyl (C=O) groups is 2. The molecule has 8 heteroatoms. The van der Waals surface area contributed by atoms with Gasteiger partial charge in [0.15, 0.2) is 0 Å². The van der Waals surface area contributed by atoms with E-state index in [1.54, 1.807) is 0 Å². The van der Waals surface area contributed by atoms with E-state index < -0.39 is 10.0 Å². The van der Waals surface area contributed by atoms with Crippen LogP contribution in [0.3, 0.4) is 0 Å². The number of nitrogens with one attached hydrogen (secondary N) is 1. The molecule has 0 saturated carbocycles. The molecule has 7 nitrogen and oxygen atoms in total. The molecule has 0 aliphatic carbocycles. The van der Waals surface area contributed by atoms with Crippen molar-refractivity contribution in [1.29, 1.82) is 0 Å². The largest absolute Gasteiger partial charge is 0.353 e. The molecule has 0 unspecified atom stereocenters. The van der Waals surface area contributed by atoms with Gasteiger partial charge in [0.05, 0.1) is 18.7 Å². The van der Waals surface area contributed by atoms with Crippen LogP contribution in [0.5, 0.6) is 0 Å². The molecular formula is C11H19N3O4S. The molecule has 108 valence electrons. The highest BCUT2D eigenvalue weighted by Gasteiger charge is 2.33. The Morgan fingerprint density at radius 1 is 1.37 bits per heavy atom. The first-order valence-corrected chi connectivity index (χ1v) is 8.23. The number of sulfonamides is 1. The first-order valence-electron chi connectivity index (χ1n) is 6.38. The first-order chi connectivity index (χ1) is 8.88. The summed E-state index contributed by atoms with van der Waals surface area (Å²) in [6.07, 6.45) is 2.53. The molecule has 2 aliphatic rings. The van der Waals surface area contributed by atoms with Crippen LogP contribution in [0, 0.1) is 5.92 Å². The molecule has 2 amide bonds. The van der Waals surface area contributed by atoms with E-state index in [9.17, 15) is 18.0 Å². The lowest BCUT2D eigenvalue weighted by Crippen LogP contribution is -2.53. The van der Waals surface area contributed by atoms with Crippen molar-refractivity contribution < 1.29 is 18.0 Å². The molecule has 0 spiro atoms. The molecule has 2 heterocycles. The Kier molecular flexibility index (Phi) is 4.10. The smallest absolute Gasteiger partial charge is 0.239 e. The average molecular weight is 289 g/mol. The van der Waals surface area contributed by atoms with Crippen molar-refractivity contribution in [2.75, 3.05) is 39.0 Å². The summed E-state index contributed by atoms with van der Waals surface area (Å²) in [5, 5.41) is 2.66. The summed E-state index contributed by atoms with van der Waals surface area (Å²) in [6, 6.07) is 0. The van der Waals surface area contributed by atoms with Crippen molar-refractivity contribution in [1.82, 2.24) is 14.5 Å². The van der Waals surface area contributed by atoms with Crippen molar-refractivity contribution in [3.8, 4) is 0 Å². The number of piperazine rings is 1. The van der Waals surface area contributed by atoms with Crippen molar-refractivity contribution in [2.24, 2.45) is 5.92 Å². The number of amides is 2. The van der Waals surface area contributed by atoms with Gasteiger partial charge in [-0.3, -0.25) is 9.59 Å². The van der Waals surface area contributed by atoms with Crippen LogP contribution >= 0.6 is 0 Å². The van der Waals surface area contributed by atoms with Crippen LogP contribution in [0.1, 0.15) is 12.8 Å². The van der Waals surface area contributed by atoms with E-state index in [1.165, 1.54) is 9.21 Å². The quantitative estimate of drug-likeness (QED) is 0.678. The van der Waals surface area contributed by atoms with Crippen molar-refractivity contribution in [3.05, 3.63) is 0 Å². The van der Waals surface area contributed by atoms with Crippen LogP contribution < -0.4 is 5.32 Å². The SMILES string of the molecule is CS(=O)(=O)N1CCC[C@@H](C(=O)N2CCNC(=O)C2)C1. The Balaban J connectivity index is 2.01. The zero-order valence-corrected chi connectivity index (χ0v) is 11.8. The van der Waals surface area contributed by atoms with Crippen LogP contribution in [-0.2, 0) is 19.6 Å². The summed E-state index contributed by atoms with van der Waals surface area (Å²) in [6.45, 7) is 1.75. The molecule has 2 fully saturated rings. The Morgan fingerprint density at radius 3 is 2.74 bits per heavy atom. The maximum Gasteiger partial charge on any atom is 0.239 e. The molecule has 2 rings (SSSR count). The van der Waals surface area contributed by atoms with Crippen LogP contribution in [0.2, 0.25) is 0 Å². The van der Waals surface area contributed by atoms with E-state index in [0.29, 0.717) is 32.5 Å². The van der Waals surface area contributed by atoms with E-state index in [4.69, 9.17) is 0 Å². The fourth-order valence-corrected chi connectivity index (χ4v) is 3.44. The third-order valence-electron chi connectivity index (χ3n) is 3.55. The topological polar surface area (TPSA) is 86.8 Å². The Labute approximate surface area is 113 Å². The molecule has 2 aliphatic heterocycles. The highest BCUT2D eigenvalue weighted by Crippen LogP contribution is 2.21. The van der Waals surface area contributed by atoms with Gasteiger partial charge in [0.25, 0.3) is 0 Å². The summed E-state index contributed by atoms with van der Waals surface area (Å²) >= 11 is 0.